The minimum Gasteiger partial charge on any atom is -0.469 e. The summed E-state index contributed by atoms with van der Waals surface area (Å²) in [5, 5.41) is 8.26. The molecule has 1 fully saturated rings. The van der Waals surface area contributed by atoms with E-state index in [2.05, 4.69) is 15.6 Å². The van der Waals surface area contributed by atoms with Gasteiger partial charge >= 0.3 is 11.9 Å². The summed E-state index contributed by atoms with van der Waals surface area (Å²) in [5.74, 6) is -2.21. The number of hydrogen-bond donors (Lipinski definition) is 2. The molecule has 1 heterocycles. The molecule has 0 spiro atoms. The van der Waals surface area contributed by atoms with E-state index in [1.165, 1.54) is 25.4 Å². The summed E-state index contributed by atoms with van der Waals surface area (Å²) in [6.45, 7) is 11.1. The van der Waals surface area contributed by atoms with Gasteiger partial charge in [0.25, 0.3) is 5.91 Å². The van der Waals surface area contributed by atoms with Crippen LogP contribution in [0.3, 0.4) is 0 Å². The van der Waals surface area contributed by atoms with E-state index in [4.69, 9.17) is 9.47 Å². The van der Waals surface area contributed by atoms with Crippen LogP contribution in [0.15, 0.2) is 35.7 Å². The first kappa shape index (κ1) is 43.6. The van der Waals surface area contributed by atoms with Gasteiger partial charge in [0, 0.05) is 37.9 Å². The Morgan fingerprint density at radius 2 is 1.60 bits per heavy atom. The maximum absolute atomic E-state index is 14.3. The van der Waals surface area contributed by atoms with E-state index in [0.717, 1.165) is 31.2 Å². The zero-order valence-corrected chi connectivity index (χ0v) is 34.1. The Morgan fingerprint density at radius 3 is 2.15 bits per heavy atom. The summed E-state index contributed by atoms with van der Waals surface area (Å²) < 4.78 is 10.7. The minimum absolute atomic E-state index is 0.0449. The van der Waals surface area contributed by atoms with E-state index in [9.17, 15) is 24.0 Å². The van der Waals surface area contributed by atoms with Crippen LogP contribution < -0.4 is 10.6 Å². The number of hydrogen-bond acceptors (Lipinski definition) is 10. The third-order valence-corrected chi connectivity index (χ3v) is 11.7. The van der Waals surface area contributed by atoms with Gasteiger partial charge in [0.15, 0.2) is 6.10 Å². The van der Waals surface area contributed by atoms with Crippen LogP contribution in [0.5, 0.6) is 0 Å². The highest BCUT2D eigenvalue weighted by atomic mass is 32.1. The van der Waals surface area contributed by atoms with Gasteiger partial charge in [-0.25, -0.2) is 4.98 Å². The largest absolute Gasteiger partial charge is 0.469 e. The number of esters is 2. The average molecular weight is 756 g/mol. The maximum Gasteiger partial charge on any atom is 0.308 e. The zero-order valence-electron chi connectivity index (χ0n) is 33.3. The van der Waals surface area contributed by atoms with Crippen LogP contribution in [-0.4, -0.2) is 96.4 Å². The van der Waals surface area contributed by atoms with Crippen molar-refractivity contribution in [2.75, 3.05) is 28.3 Å². The van der Waals surface area contributed by atoms with Crippen LogP contribution in [-0.2, 0) is 35.1 Å². The van der Waals surface area contributed by atoms with E-state index in [1.807, 2.05) is 77.0 Å². The summed E-state index contributed by atoms with van der Waals surface area (Å²) in [6.07, 6.45) is 4.40. The molecular weight excluding hydrogens is 695 g/mol. The fraction of sp³-hybridized carbons (Fsp3) is 0.650. The minimum atomic E-state index is -0.826. The number of ether oxygens (including phenoxy) is 2. The number of rotatable bonds is 19. The van der Waals surface area contributed by atoms with Gasteiger partial charge in [-0.1, -0.05) is 84.2 Å². The summed E-state index contributed by atoms with van der Waals surface area (Å²) in [5.41, 5.74) is 0.532. The van der Waals surface area contributed by atoms with Gasteiger partial charge in [-0.05, 0) is 57.2 Å². The van der Waals surface area contributed by atoms with E-state index < -0.39 is 35.5 Å². The fourth-order valence-corrected chi connectivity index (χ4v) is 8.13. The zero-order chi connectivity index (χ0) is 39.5. The summed E-state index contributed by atoms with van der Waals surface area (Å²) in [7, 11) is 6.92. The lowest BCUT2D eigenvalue weighted by atomic mass is 9.90. The first-order valence-corrected chi connectivity index (χ1v) is 19.7. The monoisotopic (exact) mass is 755 g/mol. The number of aromatic nitrogens is 1. The standard InChI is InChI=1S/C40H61N5O7S/c1-11-26(4)34(43-39(50)40(44(7)8)19-15-16-20-40)37(48)45(9)32(25(2)3)23-33(52-28(6)46)36-42-31(24-53-36)35(47)41-30(21-27(5)38(49)51-10)22-29-17-13-12-14-18-29/h12-14,17-18,24-27,30,32-34H,11,15-16,19-23H2,1-10H3,(H,41,47)(H,43,50)/t26-,27-,30+,32+,33+,34-/m0/s1. The Hall–Kier alpha value is -3.84. The quantitative estimate of drug-likeness (QED) is 0.176. The summed E-state index contributed by atoms with van der Waals surface area (Å²) in [6, 6.07) is 8.20. The molecule has 0 radical (unpaired) electrons. The van der Waals surface area contributed by atoms with Crippen molar-refractivity contribution in [3.8, 4) is 0 Å². The lowest BCUT2D eigenvalue weighted by Gasteiger charge is -2.39. The van der Waals surface area contributed by atoms with Crippen LogP contribution in [0.4, 0.5) is 0 Å². The molecule has 3 amide bonds. The van der Waals surface area contributed by atoms with Crippen molar-refractivity contribution in [2.24, 2.45) is 17.8 Å². The molecule has 0 unspecified atom stereocenters. The third-order valence-electron chi connectivity index (χ3n) is 10.8. The average Bonchev–Trinajstić information content (AvgIpc) is 3.83. The van der Waals surface area contributed by atoms with Crippen LogP contribution in [0, 0.1) is 17.8 Å². The highest BCUT2D eigenvalue weighted by Gasteiger charge is 2.45. The molecule has 294 valence electrons. The molecule has 53 heavy (non-hydrogen) atoms. The van der Waals surface area contributed by atoms with Crippen LogP contribution in [0.2, 0.25) is 0 Å². The molecule has 2 aromatic rings. The molecule has 6 atom stereocenters. The van der Waals surface area contributed by atoms with Gasteiger partial charge < -0.3 is 25.0 Å². The number of nitrogens with zero attached hydrogens (tertiary/aromatic N) is 3. The number of carbonyl (C=O) groups is 5. The molecule has 1 aliphatic rings. The first-order chi connectivity index (χ1) is 25.0. The van der Waals surface area contributed by atoms with Gasteiger partial charge in [0.1, 0.15) is 16.7 Å². The normalized spacial score (nSPS) is 17.3. The van der Waals surface area contributed by atoms with Crippen LogP contribution in [0.25, 0.3) is 0 Å². The molecule has 1 saturated carbocycles. The molecule has 3 rings (SSSR count). The van der Waals surface area contributed by atoms with Crippen molar-refractivity contribution < 1.29 is 33.4 Å². The number of thiazole rings is 1. The highest BCUT2D eigenvalue weighted by Crippen LogP contribution is 2.35. The van der Waals surface area contributed by atoms with Gasteiger partial charge in [0.2, 0.25) is 11.8 Å². The van der Waals surface area contributed by atoms with Gasteiger partial charge in [0.05, 0.1) is 18.6 Å². The number of benzene rings is 1. The predicted molar refractivity (Wildman–Crippen MR) is 206 cm³/mol. The van der Waals surface area contributed by atoms with Gasteiger partial charge in [-0.3, -0.25) is 28.9 Å². The lowest BCUT2D eigenvalue weighted by molar-refractivity contribution is -0.149. The lowest BCUT2D eigenvalue weighted by Crippen LogP contribution is -2.61. The Kier molecular flexibility index (Phi) is 16.4. The first-order valence-electron chi connectivity index (χ1n) is 18.8. The molecule has 0 aliphatic heterocycles. The second-order valence-electron chi connectivity index (χ2n) is 15.2. The Balaban J connectivity index is 1.84. The molecule has 0 saturated heterocycles. The third kappa shape index (κ3) is 11.6. The van der Waals surface area contributed by atoms with Gasteiger partial charge in [-0.15, -0.1) is 11.3 Å². The van der Waals surface area contributed by atoms with Crippen molar-refractivity contribution in [1.82, 2.24) is 25.4 Å². The van der Waals surface area contributed by atoms with Crippen molar-refractivity contribution >= 4 is 41.0 Å². The second-order valence-corrected chi connectivity index (χ2v) is 16.0. The number of carbonyl (C=O) groups excluding carboxylic acids is 5. The SMILES string of the molecule is CC[C@H](C)[C@H](NC(=O)C1(N(C)C)CCCC1)C(=O)N(C)[C@H](C[C@@H](OC(C)=O)c1nc(C(=O)N[C@@H](Cc2ccccc2)C[C@H](C)C(=O)OC)cs1)C(C)C. The molecule has 1 aromatic carbocycles. The van der Waals surface area contributed by atoms with E-state index in [0.29, 0.717) is 24.3 Å². The summed E-state index contributed by atoms with van der Waals surface area (Å²) >= 11 is 1.21. The van der Waals surface area contributed by atoms with E-state index >= 15 is 0 Å². The fourth-order valence-electron chi connectivity index (χ4n) is 7.29. The number of likely N-dealkylation sites (N-methyl/N-ethyl adjacent to an activating group) is 2. The molecule has 13 heteroatoms. The molecule has 0 bridgehead atoms. The van der Waals surface area contributed by atoms with Crippen molar-refractivity contribution in [1.29, 1.82) is 0 Å². The Morgan fingerprint density at radius 1 is 0.962 bits per heavy atom. The Bertz CT molecular complexity index is 1520. The summed E-state index contributed by atoms with van der Waals surface area (Å²) in [4.78, 5) is 74.6. The Labute approximate surface area is 319 Å². The smallest absolute Gasteiger partial charge is 0.308 e. The van der Waals surface area contributed by atoms with Crippen molar-refractivity contribution in [3.63, 3.8) is 0 Å². The highest BCUT2D eigenvalue weighted by molar-refractivity contribution is 7.09. The van der Waals surface area contributed by atoms with E-state index in [-0.39, 0.29) is 53.8 Å². The van der Waals surface area contributed by atoms with Crippen LogP contribution >= 0.6 is 11.3 Å². The number of amides is 3. The number of nitrogens with one attached hydrogen (secondary N) is 2. The maximum atomic E-state index is 14.3. The van der Waals surface area contributed by atoms with Crippen LogP contribution in [0.1, 0.15) is 114 Å². The topological polar surface area (TPSA) is 147 Å². The molecular formula is C40H61N5O7S. The number of methoxy groups -OCH3 is 1. The van der Waals surface area contributed by atoms with Gasteiger partial charge in [-0.2, -0.15) is 0 Å². The molecule has 12 nitrogen and oxygen atoms in total. The van der Waals surface area contributed by atoms with Crippen molar-refractivity contribution in [2.45, 2.75) is 123 Å². The molecule has 1 aliphatic carbocycles. The van der Waals surface area contributed by atoms with E-state index in [1.54, 1.807) is 24.3 Å². The molecule has 1 aromatic heterocycles. The predicted octanol–water partition coefficient (Wildman–Crippen LogP) is 5.57. The van der Waals surface area contributed by atoms with Crippen molar-refractivity contribution in [3.05, 3.63) is 52.0 Å². The molecule has 2 N–H and O–H groups in total. The second kappa shape index (κ2) is 20.0.